The van der Waals surface area contributed by atoms with Gasteiger partial charge in [0.25, 0.3) is 5.56 Å². The molecule has 1 amide bonds. The number of hydrogen-bond acceptors (Lipinski definition) is 4. The van der Waals surface area contributed by atoms with Crippen molar-refractivity contribution in [2.24, 2.45) is 5.92 Å². The maximum atomic E-state index is 12.4. The second-order valence-electron chi connectivity index (χ2n) is 6.45. The first-order valence-corrected chi connectivity index (χ1v) is 8.53. The number of para-hydroxylation sites is 1. The van der Waals surface area contributed by atoms with E-state index in [9.17, 15) is 14.7 Å². The van der Waals surface area contributed by atoms with E-state index in [1.54, 1.807) is 18.2 Å². The van der Waals surface area contributed by atoms with Gasteiger partial charge in [-0.1, -0.05) is 31.4 Å². The van der Waals surface area contributed by atoms with Gasteiger partial charge in [-0.3, -0.25) is 14.2 Å². The molecule has 3 rings (SSSR count). The van der Waals surface area contributed by atoms with Crippen LogP contribution in [0.1, 0.15) is 32.1 Å². The molecular weight excluding hydrogens is 306 g/mol. The van der Waals surface area contributed by atoms with Gasteiger partial charge in [-0.05, 0) is 25.0 Å². The molecule has 1 fully saturated rings. The van der Waals surface area contributed by atoms with E-state index in [0.717, 1.165) is 32.1 Å². The Morgan fingerprint density at radius 3 is 2.88 bits per heavy atom. The fourth-order valence-corrected chi connectivity index (χ4v) is 3.42. The molecule has 0 aliphatic heterocycles. The van der Waals surface area contributed by atoms with Crippen LogP contribution >= 0.6 is 0 Å². The van der Waals surface area contributed by atoms with E-state index in [0.29, 0.717) is 10.9 Å². The van der Waals surface area contributed by atoms with Crippen LogP contribution in [-0.2, 0) is 11.3 Å². The van der Waals surface area contributed by atoms with Gasteiger partial charge in [-0.2, -0.15) is 0 Å². The number of aromatic nitrogens is 2. The highest BCUT2D eigenvalue weighted by Gasteiger charge is 2.24. The maximum Gasteiger partial charge on any atom is 0.261 e. The molecule has 0 saturated heterocycles. The fraction of sp³-hybridized carbons (Fsp3) is 0.500. The second kappa shape index (κ2) is 7.57. The van der Waals surface area contributed by atoms with Gasteiger partial charge in [0.2, 0.25) is 5.91 Å². The average Bonchev–Trinajstić information content (AvgIpc) is 2.82. The third-order valence-electron chi connectivity index (χ3n) is 4.79. The minimum absolute atomic E-state index is 0.0193. The van der Waals surface area contributed by atoms with E-state index in [1.807, 2.05) is 6.07 Å². The zero-order valence-electron chi connectivity index (χ0n) is 13.6. The lowest BCUT2D eigenvalue weighted by Gasteiger charge is -2.24. The van der Waals surface area contributed by atoms with Crippen LogP contribution in [0.3, 0.4) is 0 Å². The summed E-state index contributed by atoms with van der Waals surface area (Å²) in [4.78, 5) is 29.0. The van der Waals surface area contributed by atoms with Crippen molar-refractivity contribution in [3.05, 3.63) is 40.9 Å². The lowest BCUT2D eigenvalue weighted by Crippen LogP contribution is -2.43. The summed E-state index contributed by atoms with van der Waals surface area (Å²) in [5.41, 5.74) is 0.415. The highest BCUT2D eigenvalue weighted by Crippen LogP contribution is 2.23. The van der Waals surface area contributed by atoms with Crippen LogP contribution in [-0.4, -0.2) is 33.2 Å². The van der Waals surface area contributed by atoms with Crippen molar-refractivity contribution in [3.63, 3.8) is 0 Å². The van der Waals surface area contributed by atoms with Crippen LogP contribution < -0.4 is 10.9 Å². The van der Waals surface area contributed by atoms with E-state index in [4.69, 9.17) is 0 Å². The van der Waals surface area contributed by atoms with Gasteiger partial charge in [-0.25, -0.2) is 4.98 Å². The Morgan fingerprint density at radius 1 is 1.25 bits per heavy atom. The Hall–Kier alpha value is -2.21. The number of fused-ring (bicyclic) bond motifs is 1. The van der Waals surface area contributed by atoms with Gasteiger partial charge < -0.3 is 10.4 Å². The Labute approximate surface area is 140 Å². The smallest absolute Gasteiger partial charge is 0.261 e. The molecule has 6 nitrogen and oxygen atoms in total. The number of amides is 1. The van der Waals surface area contributed by atoms with E-state index < -0.39 is 0 Å². The molecule has 1 aliphatic carbocycles. The topological polar surface area (TPSA) is 84.2 Å². The molecule has 6 heteroatoms. The molecule has 128 valence electrons. The predicted molar refractivity (Wildman–Crippen MR) is 91.6 cm³/mol. The normalized spacial score (nSPS) is 21.4. The quantitative estimate of drug-likeness (QED) is 0.832. The van der Waals surface area contributed by atoms with Crippen molar-refractivity contribution in [2.45, 2.75) is 44.7 Å². The highest BCUT2D eigenvalue weighted by molar-refractivity contribution is 5.79. The summed E-state index contributed by atoms with van der Waals surface area (Å²) in [5, 5.41) is 13.0. The summed E-state index contributed by atoms with van der Waals surface area (Å²) in [6, 6.07) is 7.08. The summed E-state index contributed by atoms with van der Waals surface area (Å²) >= 11 is 0. The number of hydrogen-bond donors (Lipinski definition) is 2. The third kappa shape index (κ3) is 3.64. The van der Waals surface area contributed by atoms with Gasteiger partial charge in [0.15, 0.2) is 0 Å². The Balaban J connectivity index is 1.72. The number of rotatable bonds is 4. The van der Waals surface area contributed by atoms with Crippen LogP contribution in [0, 0.1) is 5.92 Å². The van der Waals surface area contributed by atoms with Crippen LogP contribution in [0.25, 0.3) is 10.9 Å². The summed E-state index contributed by atoms with van der Waals surface area (Å²) < 4.78 is 1.34. The van der Waals surface area contributed by atoms with Crippen molar-refractivity contribution in [2.75, 3.05) is 6.61 Å². The monoisotopic (exact) mass is 329 g/mol. The summed E-state index contributed by atoms with van der Waals surface area (Å²) in [6.07, 6.45) is 6.50. The minimum atomic E-state index is -0.213. The molecule has 0 bridgehead atoms. The van der Waals surface area contributed by atoms with E-state index in [-0.39, 0.29) is 36.6 Å². The first kappa shape index (κ1) is 16.6. The lowest BCUT2D eigenvalue weighted by atomic mass is 9.95. The number of nitrogens with one attached hydrogen (secondary N) is 1. The first-order valence-electron chi connectivity index (χ1n) is 8.53. The number of carbonyl (C=O) groups is 1. The van der Waals surface area contributed by atoms with E-state index >= 15 is 0 Å². The third-order valence-corrected chi connectivity index (χ3v) is 4.79. The molecule has 2 aromatic rings. The molecule has 24 heavy (non-hydrogen) atoms. The summed E-state index contributed by atoms with van der Waals surface area (Å²) in [6.45, 7) is 0.0355. The predicted octanol–water partition coefficient (Wildman–Crippen LogP) is 1.45. The molecule has 1 aliphatic rings. The fourth-order valence-electron chi connectivity index (χ4n) is 3.42. The molecular formula is C18H23N3O3. The second-order valence-corrected chi connectivity index (χ2v) is 6.45. The van der Waals surface area contributed by atoms with Crippen LogP contribution in [0.4, 0.5) is 0 Å². The number of carbonyl (C=O) groups excluding carboxylic acids is 1. The average molecular weight is 329 g/mol. The molecule has 0 spiro atoms. The number of nitrogens with zero attached hydrogens (tertiary/aromatic N) is 2. The standard InChI is InChI=1S/C18H23N3O3/c22-11-13-6-2-1-3-8-15(13)20-17(23)10-21-12-19-16-9-5-4-7-14(16)18(21)24/h4-5,7,9,12-13,15,22H,1-3,6,8,10-11H2,(H,20,23). The van der Waals surface area contributed by atoms with E-state index in [2.05, 4.69) is 10.3 Å². The van der Waals surface area contributed by atoms with Crippen molar-refractivity contribution in [1.29, 1.82) is 0 Å². The molecule has 2 unspecified atom stereocenters. The Kier molecular flexibility index (Phi) is 5.25. The van der Waals surface area contributed by atoms with Crippen molar-refractivity contribution < 1.29 is 9.90 Å². The molecule has 1 heterocycles. The van der Waals surface area contributed by atoms with Gasteiger partial charge in [-0.15, -0.1) is 0 Å². The SMILES string of the molecule is O=C(Cn1cnc2ccccc2c1=O)NC1CCCCCC1CO. The van der Waals surface area contributed by atoms with Gasteiger partial charge in [0, 0.05) is 18.6 Å². The van der Waals surface area contributed by atoms with Crippen molar-refractivity contribution in [1.82, 2.24) is 14.9 Å². The molecule has 1 aromatic heterocycles. The van der Waals surface area contributed by atoms with Gasteiger partial charge in [0.05, 0.1) is 17.2 Å². The highest BCUT2D eigenvalue weighted by atomic mass is 16.3. The minimum Gasteiger partial charge on any atom is -0.396 e. The Morgan fingerprint density at radius 2 is 2.04 bits per heavy atom. The number of aliphatic hydroxyl groups is 1. The van der Waals surface area contributed by atoms with Gasteiger partial charge >= 0.3 is 0 Å². The summed E-state index contributed by atoms with van der Waals surface area (Å²) in [5.74, 6) is -0.109. The molecule has 1 aromatic carbocycles. The first-order chi connectivity index (χ1) is 11.7. The molecule has 0 radical (unpaired) electrons. The molecule has 2 atom stereocenters. The van der Waals surface area contributed by atoms with Crippen LogP contribution in [0.5, 0.6) is 0 Å². The number of aliphatic hydroxyl groups excluding tert-OH is 1. The van der Waals surface area contributed by atoms with Crippen molar-refractivity contribution in [3.8, 4) is 0 Å². The van der Waals surface area contributed by atoms with E-state index in [1.165, 1.54) is 10.9 Å². The lowest BCUT2D eigenvalue weighted by molar-refractivity contribution is -0.123. The number of benzene rings is 1. The van der Waals surface area contributed by atoms with Crippen molar-refractivity contribution >= 4 is 16.8 Å². The Bertz CT molecular complexity index is 771. The summed E-state index contributed by atoms with van der Waals surface area (Å²) in [7, 11) is 0. The molecule has 2 N–H and O–H groups in total. The zero-order chi connectivity index (χ0) is 16.9. The van der Waals surface area contributed by atoms with Gasteiger partial charge in [0.1, 0.15) is 6.54 Å². The molecule has 1 saturated carbocycles. The van der Waals surface area contributed by atoms with Crippen LogP contribution in [0.2, 0.25) is 0 Å². The largest absolute Gasteiger partial charge is 0.396 e. The van der Waals surface area contributed by atoms with Crippen LogP contribution in [0.15, 0.2) is 35.4 Å². The maximum absolute atomic E-state index is 12.4. The zero-order valence-corrected chi connectivity index (χ0v) is 13.6.